The van der Waals surface area contributed by atoms with E-state index >= 15 is 0 Å². The molecule has 0 unspecified atom stereocenters. The van der Waals surface area contributed by atoms with Gasteiger partial charge in [0, 0.05) is 12.1 Å². The smallest absolute Gasteiger partial charge is 0.324 e. The van der Waals surface area contributed by atoms with Crippen LogP contribution in [-0.4, -0.2) is 45.5 Å². The monoisotopic (exact) mass is 391 g/mol. The molecule has 0 saturated heterocycles. The fourth-order valence-corrected chi connectivity index (χ4v) is 3.08. The van der Waals surface area contributed by atoms with Crippen molar-refractivity contribution in [3.8, 4) is 0 Å². The first-order valence-electron chi connectivity index (χ1n) is 7.07. The van der Waals surface area contributed by atoms with Gasteiger partial charge in [-0.25, -0.2) is 13.2 Å². The molecule has 2 atom stereocenters. The number of sulfonamides is 1. The van der Waals surface area contributed by atoms with Crippen molar-refractivity contribution in [3.05, 3.63) is 29.3 Å². The third kappa shape index (κ3) is 6.33. The molecule has 0 radical (unpaired) electrons. The second kappa shape index (κ2) is 8.79. The van der Waals surface area contributed by atoms with Crippen LogP contribution < -0.4 is 15.4 Å². The third-order valence-corrected chi connectivity index (χ3v) is 4.69. The normalized spacial score (nSPS) is 13.4. The maximum absolute atomic E-state index is 12.2. The summed E-state index contributed by atoms with van der Waals surface area (Å²) in [6.45, 7) is 2.50. The Kier molecular flexibility index (Phi) is 7.34. The number of rotatable bonds is 6. The summed E-state index contributed by atoms with van der Waals surface area (Å²) in [6.07, 6.45) is -1.29. The van der Waals surface area contributed by atoms with Gasteiger partial charge in [0.05, 0.1) is 4.90 Å². The van der Waals surface area contributed by atoms with Gasteiger partial charge in [-0.1, -0.05) is 17.7 Å². The number of urea groups is 1. The van der Waals surface area contributed by atoms with E-state index < -0.39 is 40.1 Å². The lowest BCUT2D eigenvalue weighted by atomic mass is 10.3. The Morgan fingerprint density at radius 3 is 2.40 bits per heavy atom. The molecule has 0 aliphatic carbocycles. The average Bonchev–Trinajstić information content (AvgIpc) is 2.53. The average molecular weight is 392 g/mol. The molecule has 1 aromatic carbocycles. The van der Waals surface area contributed by atoms with Gasteiger partial charge in [0.25, 0.3) is 5.91 Å². The number of esters is 1. The number of nitrogens with one attached hydrogen (secondary N) is 3. The van der Waals surface area contributed by atoms with Crippen LogP contribution in [0.15, 0.2) is 29.2 Å². The molecule has 11 heteroatoms. The highest BCUT2D eigenvalue weighted by Crippen LogP contribution is 2.15. The highest BCUT2D eigenvalue weighted by atomic mass is 35.5. The largest absolute Gasteiger partial charge is 0.451 e. The fraction of sp³-hybridized carbons (Fsp3) is 0.357. The van der Waals surface area contributed by atoms with Crippen molar-refractivity contribution in [2.24, 2.45) is 0 Å². The van der Waals surface area contributed by atoms with E-state index in [0.717, 1.165) is 0 Å². The van der Waals surface area contributed by atoms with Crippen molar-refractivity contribution in [3.63, 3.8) is 0 Å². The van der Waals surface area contributed by atoms with E-state index in [1.807, 2.05) is 5.32 Å². The second-order valence-corrected chi connectivity index (χ2v) is 7.10. The number of ether oxygens (including phenoxy) is 1. The molecule has 0 bridgehead atoms. The second-order valence-electron chi connectivity index (χ2n) is 4.95. The number of hydrogen-bond donors (Lipinski definition) is 3. The summed E-state index contributed by atoms with van der Waals surface area (Å²) in [5, 5.41) is 4.32. The first-order valence-corrected chi connectivity index (χ1v) is 8.94. The molecular formula is C14H18ClN3O6S. The highest BCUT2D eigenvalue weighted by molar-refractivity contribution is 7.89. The SMILES string of the molecule is CNC(=O)NC(=O)[C@@H](C)OC(=O)[C@H](C)NS(=O)(=O)c1cccc(Cl)c1. The number of hydrogen-bond acceptors (Lipinski definition) is 6. The zero-order valence-corrected chi connectivity index (χ0v) is 15.3. The van der Waals surface area contributed by atoms with Crippen molar-refractivity contribution in [2.75, 3.05) is 7.05 Å². The van der Waals surface area contributed by atoms with Crippen LogP contribution in [0.5, 0.6) is 0 Å². The van der Waals surface area contributed by atoms with Crippen molar-refractivity contribution in [2.45, 2.75) is 30.9 Å². The third-order valence-electron chi connectivity index (χ3n) is 2.92. The van der Waals surface area contributed by atoms with Gasteiger partial charge in [-0.05, 0) is 32.0 Å². The summed E-state index contributed by atoms with van der Waals surface area (Å²) in [4.78, 5) is 34.5. The standard InChI is InChI=1S/C14H18ClN3O6S/c1-8(13(20)24-9(2)12(19)17-14(21)16-3)18-25(22,23)11-6-4-5-10(15)7-11/h4-9,18H,1-3H3,(H2,16,17,19,21)/t8-,9+/m0/s1. The van der Waals surface area contributed by atoms with Crippen molar-refractivity contribution < 1.29 is 27.5 Å². The Labute approximate surface area is 150 Å². The summed E-state index contributed by atoms with van der Waals surface area (Å²) in [6, 6.07) is 3.46. The number of amides is 3. The Hall–Kier alpha value is -2.17. The van der Waals surface area contributed by atoms with E-state index in [-0.39, 0.29) is 9.92 Å². The van der Waals surface area contributed by atoms with Gasteiger partial charge >= 0.3 is 12.0 Å². The molecule has 1 aromatic rings. The van der Waals surface area contributed by atoms with Crippen LogP contribution in [0.3, 0.4) is 0 Å². The van der Waals surface area contributed by atoms with Crippen LogP contribution in [0.1, 0.15) is 13.8 Å². The summed E-state index contributed by atoms with van der Waals surface area (Å²) in [5.41, 5.74) is 0. The van der Waals surface area contributed by atoms with E-state index in [4.69, 9.17) is 16.3 Å². The van der Waals surface area contributed by atoms with E-state index in [9.17, 15) is 22.8 Å². The molecule has 3 amide bonds. The van der Waals surface area contributed by atoms with Crippen LogP contribution in [0.2, 0.25) is 5.02 Å². The van der Waals surface area contributed by atoms with Crippen LogP contribution >= 0.6 is 11.6 Å². The number of carbonyl (C=O) groups excluding carboxylic acids is 3. The molecule has 9 nitrogen and oxygen atoms in total. The molecule has 0 spiro atoms. The van der Waals surface area contributed by atoms with Crippen LogP contribution in [0, 0.1) is 0 Å². The molecule has 138 valence electrons. The van der Waals surface area contributed by atoms with Gasteiger partial charge in [-0.15, -0.1) is 0 Å². The van der Waals surface area contributed by atoms with E-state index in [2.05, 4.69) is 10.0 Å². The topological polar surface area (TPSA) is 131 Å². The van der Waals surface area contributed by atoms with E-state index in [0.29, 0.717) is 0 Å². The summed E-state index contributed by atoms with van der Waals surface area (Å²) in [5.74, 6) is -1.83. The van der Waals surface area contributed by atoms with Crippen molar-refractivity contribution in [1.29, 1.82) is 0 Å². The molecular weight excluding hydrogens is 374 g/mol. The molecule has 0 fully saturated rings. The maximum atomic E-state index is 12.2. The number of benzene rings is 1. The number of carbonyl (C=O) groups is 3. The summed E-state index contributed by atoms with van der Waals surface area (Å²) < 4.78 is 31.4. The van der Waals surface area contributed by atoms with Gasteiger partial charge < -0.3 is 10.1 Å². The first-order chi connectivity index (χ1) is 11.6. The molecule has 0 saturated carbocycles. The van der Waals surface area contributed by atoms with Gasteiger partial charge in [0.15, 0.2) is 6.10 Å². The number of halogens is 1. The van der Waals surface area contributed by atoms with Crippen LogP contribution in [-0.2, 0) is 24.3 Å². The molecule has 3 N–H and O–H groups in total. The Bertz CT molecular complexity index is 768. The quantitative estimate of drug-likeness (QED) is 0.601. The molecule has 0 aliphatic heterocycles. The lowest BCUT2D eigenvalue weighted by Crippen LogP contribution is -2.46. The van der Waals surface area contributed by atoms with Crippen molar-refractivity contribution in [1.82, 2.24) is 15.4 Å². The molecule has 1 rings (SSSR count). The lowest BCUT2D eigenvalue weighted by molar-refractivity contribution is -0.155. The van der Waals surface area contributed by atoms with E-state index in [1.165, 1.54) is 45.2 Å². The van der Waals surface area contributed by atoms with Gasteiger partial charge in [0.1, 0.15) is 6.04 Å². The Morgan fingerprint density at radius 1 is 1.20 bits per heavy atom. The minimum Gasteiger partial charge on any atom is -0.451 e. The van der Waals surface area contributed by atoms with Crippen LogP contribution in [0.4, 0.5) is 4.79 Å². The Balaban J connectivity index is 2.70. The lowest BCUT2D eigenvalue weighted by Gasteiger charge is -2.17. The molecule has 0 aliphatic rings. The zero-order chi connectivity index (χ0) is 19.2. The molecule has 0 aromatic heterocycles. The van der Waals surface area contributed by atoms with Gasteiger partial charge in [-0.2, -0.15) is 4.72 Å². The van der Waals surface area contributed by atoms with E-state index in [1.54, 1.807) is 0 Å². The first kappa shape index (κ1) is 20.9. The molecule has 25 heavy (non-hydrogen) atoms. The predicted molar refractivity (Wildman–Crippen MR) is 89.4 cm³/mol. The van der Waals surface area contributed by atoms with Crippen LogP contribution in [0.25, 0.3) is 0 Å². The number of imide groups is 1. The minimum atomic E-state index is -4.01. The zero-order valence-electron chi connectivity index (χ0n) is 13.7. The van der Waals surface area contributed by atoms with Gasteiger partial charge in [0.2, 0.25) is 10.0 Å². The summed E-state index contributed by atoms with van der Waals surface area (Å²) in [7, 11) is -2.69. The summed E-state index contributed by atoms with van der Waals surface area (Å²) >= 11 is 5.75. The Morgan fingerprint density at radius 2 is 1.84 bits per heavy atom. The predicted octanol–water partition coefficient (Wildman–Crippen LogP) is 0.394. The van der Waals surface area contributed by atoms with Gasteiger partial charge in [-0.3, -0.25) is 14.9 Å². The molecule has 0 heterocycles. The maximum Gasteiger partial charge on any atom is 0.324 e. The highest BCUT2D eigenvalue weighted by Gasteiger charge is 2.27. The van der Waals surface area contributed by atoms with Crippen molar-refractivity contribution >= 4 is 39.5 Å². The minimum absolute atomic E-state index is 0.120. The fourth-order valence-electron chi connectivity index (χ4n) is 1.59.